The second-order valence-electron chi connectivity index (χ2n) is 3.04. The van der Waals surface area contributed by atoms with E-state index in [1.165, 1.54) is 0 Å². The number of hydrogen-bond acceptors (Lipinski definition) is 2. The SMILES string of the molecule is CCN(CC)C(=O)[C@@H](C)[C@@H](C)O. The van der Waals surface area contributed by atoms with Gasteiger partial charge in [0.2, 0.25) is 5.91 Å². The Balaban J connectivity index is 4.16. The Morgan fingerprint density at radius 3 is 2.00 bits per heavy atom. The van der Waals surface area contributed by atoms with Crippen LogP contribution >= 0.6 is 0 Å². The van der Waals surface area contributed by atoms with Crippen LogP contribution in [0.4, 0.5) is 0 Å². The molecule has 2 atom stereocenters. The summed E-state index contributed by atoms with van der Waals surface area (Å²) in [6.07, 6.45) is -0.557. The summed E-state index contributed by atoms with van der Waals surface area (Å²) >= 11 is 0. The lowest BCUT2D eigenvalue weighted by molar-refractivity contribution is -0.137. The zero-order valence-electron chi connectivity index (χ0n) is 8.37. The van der Waals surface area contributed by atoms with Crippen LogP contribution in [-0.2, 0) is 4.79 Å². The molecule has 1 N–H and O–H groups in total. The van der Waals surface area contributed by atoms with Gasteiger partial charge in [-0.25, -0.2) is 0 Å². The third-order valence-corrected chi connectivity index (χ3v) is 2.19. The van der Waals surface area contributed by atoms with Gasteiger partial charge in [0.1, 0.15) is 0 Å². The van der Waals surface area contributed by atoms with Crippen molar-refractivity contribution < 1.29 is 9.90 Å². The van der Waals surface area contributed by atoms with Crippen LogP contribution in [0.1, 0.15) is 27.7 Å². The lowest BCUT2D eigenvalue weighted by atomic mass is 10.1. The molecule has 0 spiro atoms. The van der Waals surface area contributed by atoms with E-state index in [0.717, 1.165) is 0 Å². The van der Waals surface area contributed by atoms with Gasteiger partial charge in [0, 0.05) is 13.1 Å². The molecule has 0 rings (SSSR count). The summed E-state index contributed by atoms with van der Waals surface area (Å²) in [6.45, 7) is 8.71. The summed E-state index contributed by atoms with van der Waals surface area (Å²) < 4.78 is 0. The van der Waals surface area contributed by atoms with E-state index in [2.05, 4.69) is 0 Å². The molecule has 3 nitrogen and oxygen atoms in total. The highest BCUT2D eigenvalue weighted by atomic mass is 16.3. The van der Waals surface area contributed by atoms with Gasteiger partial charge in [-0.2, -0.15) is 0 Å². The number of carbonyl (C=O) groups excluding carboxylic acids is 1. The van der Waals surface area contributed by atoms with Crippen molar-refractivity contribution in [3.63, 3.8) is 0 Å². The summed E-state index contributed by atoms with van der Waals surface area (Å²) in [5, 5.41) is 9.18. The van der Waals surface area contributed by atoms with Crippen LogP contribution < -0.4 is 0 Å². The summed E-state index contributed by atoms with van der Waals surface area (Å²) in [7, 11) is 0. The average Bonchev–Trinajstić information content (AvgIpc) is 2.05. The third kappa shape index (κ3) is 2.81. The normalized spacial score (nSPS) is 15.4. The number of rotatable bonds is 4. The lowest BCUT2D eigenvalue weighted by Crippen LogP contribution is -2.38. The van der Waals surface area contributed by atoms with Crippen LogP contribution in [0.2, 0.25) is 0 Å². The molecule has 3 heteroatoms. The minimum absolute atomic E-state index is 0.0370. The fourth-order valence-electron chi connectivity index (χ4n) is 1.03. The Morgan fingerprint density at radius 2 is 1.75 bits per heavy atom. The number of amides is 1. The van der Waals surface area contributed by atoms with Crippen molar-refractivity contribution >= 4 is 5.91 Å². The predicted octanol–water partition coefficient (Wildman–Crippen LogP) is 0.872. The van der Waals surface area contributed by atoms with E-state index in [1.807, 2.05) is 13.8 Å². The minimum Gasteiger partial charge on any atom is -0.393 e. The van der Waals surface area contributed by atoms with E-state index in [-0.39, 0.29) is 11.8 Å². The third-order valence-electron chi connectivity index (χ3n) is 2.19. The molecule has 1 amide bonds. The molecule has 0 fully saturated rings. The van der Waals surface area contributed by atoms with E-state index in [0.29, 0.717) is 13.1 Å². The molecule has 0 unspecified atom stereocenters. The molecule has 0 heterocycles. The number of aliphatic hydroxyl groups is 1. The van der Waals surface area contributed by atoms with Crippen LogP contribution in [0.25, 0.3) is 0 Å². The fourth-order valence-corrected chi connectivity index (χ4v) is 1.03. The Kier molecular flexibility index (Phi) is 4.90. The quantitative estimate of drug-likeness (QED) is 0.685. The van der Waals surface area contributed by atoms with Gasteiger partial charge in [-0.1, -0.05) is 6.92 Å². The van der Waals surface area contributed by atoms with Crippen LogP contribution in [0.5, 0.6) is 0 Å². The molecule has 0 aliphatic heterocycles. The Hall–Kier alpha value is -0.570. The van der Waals surface area contributed by atoms with Gasteiger partial charge in [0.15, 0.2) is 0 Å². The average molecular weight is 173 g/mol. The number of nitrogens with zero attached hydrogens (tertiary/aromatic N) is 1. The second-order valence-corrected chi connectivity index (χ2v) is 3.04. The monoisotopic (exact) mass is 173 g/mol. The molecule has 0 saturated carbocycles. The van der Waals surface area contributed by atoms with Crippen molar-refractivity contribution in [1.82, 2.24) is 4.90 Å². The molecule has 0 aliphatic carbocycles. The Bertz CT molecular complexity index is 137. The van der Waals surface area contributed by atoms with E-state index < -0.39 is 6.10 Å². The molecule has 0 saturated heterocycles. The standard InChI is InChI=1S/C9H19NO2/c1-5-10(6-2)9(12)7(3)8(4)11/h7-8,11H,5-6H2,1-4H3/t7-,8+/m0/s1. The van der Waals surface area contributed by atoms with E-state index in [9.17, 15) is 9.90 Å². The first-order chi connectivity index (χ1) is 5.54. The molecule has 72 valence electrons. The first kappa shape index (κ1) is 11.4. The summed E-state index contributed by atoms with van der Waals surface area (Å²) in [4.78, 5) is 13.2. The van der Waals surface area contributed by atoms with E-state index in [1.54, 1.807) is 18.7 Å². The number of carbonyl (C=O) groups is 1. The molecular weight excluding hydrogens is 154 g/mol. The lowest BCUT2D eigenvalue weighted by Gasteiger charge is -2.24. The van der Waals surface area contributed by atoms with Crippen molar-refractivity contribution in [3.8, 4) is 0 Å². The minimum atomic E-state index is -0.557. The second kappa shape index (κ2) is 5.14. The number of hydrogen-bond donors (Lipinski definition) is 1. The van der Waals surface area contributed by atoms with Crippen LogP contribution in [0.3, 0.4) is 0 Å². The topological polar surface area (TPSA) is 40.5 Å². The Morgan fingerprint density at radius 1 is 1.33 bits per heavy atom. The van der Waals surface area contributed by atoms with Crippen molar-refractivity contribution in [2.24, 2.45) is 5.92 Å². The predicted molar refractivity (Wildman–Crippen MR) is 48.8 cm³/mol. The molecule has 12 heavy (non-hydrogen) atoms. The number of aliphatic hydroxyl groups excluding tert-OH is 1. The summed E-state index contributed by atoms with van der Waals surface area (Å²) in [5.41, 5.74) is 0. The maximum absolute atomic E-state index is 11.5. The molecule has 0 aromatic heterocycles. The van der Waals surface area contributed by atoms with Gasteiger partial charge in [0.05, 0.1) is 12.0 Å². The van der Waals surface area contributed by atoms with Gasteiger partial charge in [-0.15, -0.1) is 0 Å². The van der Waals surface area contributed by atoms with Crippen molar-refractivity contribution in [2.45, 2.75) is 33.8 Å². The molecule has 0 bridgehead atoms. The first-order valence-electron chi connectivity index (χ1n) is 4.51. The van der Waals surface area contributed by atoms with E-state index >= 15 is 0 Å². The van der Waals surface area contributed by atoms with Crippen LogP contribution in [0.15, 0.2) is 0 Å². The van der Waals surface area contributed by atoms with Gasteiger partial charge < -0.3 is 10.0 Å². The van der Waals surface area contributed by atoms with Crippen molar-refractivity contribution in [3.05, 3.63) is 0 Å². The van der Waals surface area contributed by atoms with Crippen LogP contribution in [-0.4, -0.2) is 35.1 Å². The highest BCUT2D eigenvalue weighted by Crippen LogP contribution is 2.06. The highest BCUT2D eigenvalue weighted by molar-refractivity contribution is 5.78. The fraction of sp³-hybridized carbons (Fsp3) is 0.889. The van der Waals surface area contributed by atoms with Gasteiger partial charge >= 0.3 is 0 Å². The maximum atomic E-state index is 11.5. The molecular formula is C9H19NO2. The summed E-state index contributed by atoms with van der Waals surface area (Å²) in [5.74, 6) is -0.250. The highest BCUT2D eigenvalue weighted by Gasteiger charge is 2.21. The molecule has 0 aromatic carbocycles. The molecule has 0 radical (unpaired) electrons. The summed E-state index contributed by atoms with van der Waals surface area (Å²) in [6, 6.07) is 0. The van der Waals surface area contributed by atoms with Gasteiger partial charge in [0.25, 0.3) is 0 Å². The van der Waals surface area contributed by atoms with Gasteiger partial charge in [-0.3, -0.25) is 4.79 Å². The van der Waals surface area contributed by atoms with Gasteiger partial charge in [-0.05, 0) is 20.8 Å². The van der Waals surface area contributed by atoms with Crippen molar-refractivity contribution in [2.75, 3.05) is 13.1 Å². The van der Waals surface area contributed by atoms with Crippen molar-refractivity contribution in [1.29, 1.82) is 0 Å². The largest absolute Gasteiger partial charge is 0.393 e. The smallest absolute Gasteiger partial charge is 0.227 e. The Labute approximate surface area is 74.4 Å². The zero-order valence-corrected chi connectivity index (χ0v) is 8.37. The molecule has 0 aliphatic rings. The maximum Gasteiger partial charge on any atom is 0.227 e. The molecule has 0 aromatic rings. The van der Waals surface area contributed by atoms with Crippen LogP contribution in [0, 0.1) is 5.92 Å². The van der Waals surface area contributed by atoms with E-state index in [4.69, 9.17) is 0 Å². The zero-order chi connectivity index (χ0) is 9.72. The first-order valence-corrected chi connectivity index (χ1v) is 4.51.